The molecule has 0 atom stereocenters. The molecule has 1 aromatic carbocycles. The van der Waals surface area contributed by atoms with Crippen LogP contribution in [0.3, 0.4) is 0 Å². The van der Waals surface area contributed by atoms with E-state index in [9.17, 15) is 4.79 Å². The Hall–Kier alpha value is -1.27. The van der Waals surface area contributed by atoms with Gasteiger partial charge >= 0.3 is 0 Å². The number of methoxy groups -OCH3 is 1. The maximum atomic E-state index is 12.4. The average Bonchev–Trinajstić information content (AvgIpc) is 2.45. The van der Waals surface area contributed by atoms with Crippen molar-refractivity contribution in [1.82, 2.24) is 10.2 Å². The number of carbonyl (C=O) groups excluding carboxylic acids is 1. The highest BCUT2D eigenvalue weighted by Gasteiger charge is 2.21. The number of carbonyl (C=O) groups is 1. The van der Waals surface area contributed by atoms with Crippen LogP contribution < -0.4 is 14.8 Å². The van der Waals surface area contributed by atoms with Gasteiger partial charge in [0.05, 0.1) is 18.2 Å². The Labute approximate surface area is 147 Å². The predicted molar refractivity (Wildman–Crippen MR) is 96.5 cm³/mol. The van der Waals surface area contributed by atoms with Gasteiger partial charge in [-0.2, -0.15) is 0 Å². The molecule has 1 rings (SSSR count). The Bertz CT molecular complexity index is 545. The summed E-state index contributed by atoms with van der Waals surface area (Å²) in [4.78, 5) is 14.5. The lowest BCUT2D eigenvalue weighted by Crippen LogP contribution is -2.40. The van der Waals surface area contributed by atoms with Crippen molar-refractivity contribution in [3.8, 4) is 11.5 Å². The normalized spacial score (nSPS) is 11.5. The zero-order valence-electron chi connectivity index (χ0n) is 14.8. The Kier molecular flexibility index (Phi) is 7.35. The number of nitrogens with one attached hydrogen (secondary N) is 1. The number of rotatable bonds is 8. The quantitative estimate of drug-likeness (QED) is 0.745. The highest BCUT2D eigenvalue weighted by molar-refractivity contribution is 9.10. The molecule has 0 unspecified atom stereocenters. The molecule has 1 amide bonds. The van der Waals surface area contributed by atoms with Crippen molar-refractivity contribution in [2.45, 2.75) is 20.8 Å². The fourth-order valence-electron chi connectivity index (χ4n) is 2.47. The van der Waals surface area contributed by atoms with E-state index in [2.05, 4.69) is 40.0 Å². The summed E-state index contributed by atoms with van der Waals surface area (Å²) in [6.45, 7) is 8.17. The number of nitrogens with zero attached hydrogens (tertiary/aromatic N) is 1. The van der Waals surface area contributed by atoms with E-state index in [1.165, 1.54) is 0 Å². The van der Waals surface area contributed by atoms with Crippen molar-refractivity contribution in [3.05, 3.63) is 22.2 Å². The maximum absolute atomic E-state index is 12.4. The van der Waals surface area contributed by atoms with Crippen LogP contribution in [0, 0.1) is 5.41 Å². The fraction of sp³-hybridized carbons (Fsp3) is 0.588. The Morgan fingerprint density at radius 1 is 1.35 bits per heavy atom. The highest BCUT2D eigenvalue weighted by atomic mass is 79.9. The molecule has 0 heterocycles. The fourth-order valence-corrected chi connectivity index (χ4v) is 3.03. The summed E-state index contributed by atoms with van der Waals surface area (Å²) in [7, 11) is 5.61. The molecule has 0 aliphatic rings. The van der Waals surface area contributed by atoms with Crippen LogP contribution in [0.5, 0.6) is 11.5 Å². The van der Waals surface area contributed by atoms with Crippen LogP contribution in [-0.2, 0) is 0 Å². The predicted octanol–water partition coefficient (Wildman–Crippen LogP) is 3.17. The van der Waals surface area contributed by atoms with E-state index >= 15 is 0 Å². The average molecular weight is 387 g/mol. The molecule has 1 N–H and O–H groups in total. The SMILES string of the molecule is CCOc1c(Br)cc(C(=O)NCC(C)(C)CN(C)C)cc1OC. The van der Waals surface area contributed by atoms with E-state index in [1.807, 2.05) is 21.0 Å². The summed E-state index contributed by atoms with van der Waals surface area (Å²) in [6, 6.07) is 3.45. The number of halogens is 1. The number of amides is 1. The van der Waals surface area contributed by atoms with E-state index in [4.69, 9.17) is 9.47 Å². The molecule has 0 saturated carbocycles. The Balaban J connectivity index is 2.86. The van der Waals surface area contributed by atoms with Crippen LogP contribution >= 0.6 is 15.9 Å². The second-order valence-electron chi connectivity index (χ2n) is 6.51. The largest absolute Gasteiger partial charge is 0.493 e. The molecule has 0 aromatic heterocycles. The van der Waals surface area contributed by atoms with Gasteiger partial charge in [-0.05, 0) is 54.5 Å². The van der Waals surface area contributed by atoms with E-state index < -0.39 is 0 Å². The molecule has 0 radical (unpaired) electrons. The number of hydrogen-bond donors (Lipinski definition) is 1. The smallest absolute Gasteiger partial charge is 0.251 e. The van der Waals surface area contributed by atoms with Gasteiger partial charge in [0, 0.05) is 18.7 Å². The number of hydrogen-bond acceptors (Lipinski definition) is 4. The number of ether oxygens (including phenoxy) is 2. The van der Waals surface area contributed by atoms with Crippen molar-refractivity contribution >= 4 is 21.8 Å². The Morgan fingerprint density at radius 3 is 2.52 bits per heavy atom. The lowest BCUT2D eigenvalue weighted by atomic mass is 9.93. The highest BCUT2D eigenvalue weighted by Crippen LogP contribution is 2.36. The zero-order chi connectivity index (χ0) is 17.6. The minimum Gasteiger partial charge on any atom is -0.493 e. The first-order valence-electron chi connectivity index (χ1n) is 7.63. The third-order valence-corrected chi connectivity index (χ3v) is 3.84. The van der Waals surface area contributed by atoms with Gasteiger partial charge in [-0.3, -0.25) is 4.79 Å². The third kappa shape index (κ3) is 6.03. The standard InChI is InChI=1S/C17H27BrN2O3/c1-7-23-15-13(18)8-12(9-14(15)22-6)16(21)19-10-17(2,3)11-20(4)5/h8-9H,7,10-11H2,1-6H3,(H,19,21). The molecule has 0 spiro atoms. The van der Waals surface area contributed by atoms with E-state index in [1.54, 1.807) is 19.2 Å². The monoisotopic (exact) mass is 386 g/mol. The molecular weight excluding hydrogens is 360 g/mol. The molecule has 0 fully saturated rings. The number of benzene rings is 1. The summed E-state index contributed by atoms with van der Waals surface area (Å²) < 4.78 is 11.6. The molecule has 1 aromatic rings. The van der Waals surface area contributed by atoms with Gasteiger partial charge < -0.3 is 19.7 Å². The minimum absolute atomic E-state index is 0.00819. The van der Waals surface area contributed by atoms with E-state index in [0.29, 0.717) is 34.7 Å². The molecule has 6 heteroatoms. The van der Waals surface area contributed by atoms with Crippen molar-refractivity contribution < 1.29 is 14.3 Å². The van der Waals surface area contributed by atoms with Crippen LogP contribution in [0.4, 0.5) is 0 Å². The molecule has 0 saturated heterocycles. The molecule has 23 heavy (non-hydrogen) atoms. The van der Waals surface area contributed by atoms with E-state index in [0.717, 1.165) is 6.54 Å². The molecule has 0 aliphatic heterocycles. The molecular formula is C17H27BrN2O3. The van der Waals surface area contributed by atoms with Gasteiger partial charge in [0.1, 0.15) is 0 Å². The van der Waals surface area contributed by atoms with Crippen molar-refractivity contribution in [3.63, 3.8) is 0 Å². The van der Waals surface area contributed by atoms with Crippen LogP contribution in [0.15, 0.2) is 16.6 Å². The molecule has 130 valence electrons. The summed E-state index contributed by atoms with van der Waals surface area (Å²) in [5, 5.41) is 2.99. The lowest BCUT2D eigenvalue weighted by Gasteiger charge is -2.28. The van der Waals surface area contributed by atoms with Crippen LogP contribution in [0.25, 0.3) is 0 Å². The first-order valence-corrected chi connectivity index (χ1v) is 8.42. The summed E-state index contributed by atoms with van der Waals surface area (Å²) in [5.74, 6) is 1.03. The molecule has 0 aliphatic carbocycles. The summed E-state index contributed by atoms with van der Waals surface area (Å²) >= 11 is 3.44. The first kappa shape index (κ1) is 19.8. The lowest BCUT2D eigenvalue weighted by molar-refractivity contribution is 0.0928. The van der Waals surface area contributed by atoms with Gasteiger partial charge in [0.25, 0.3) is 5.91 Å². The van der Waals surface area contributed by atoms with Crippen molar-refractivity contribution in [2.24, 2.45) is 5.41 Å². The third-order valence-electron chi connectivity index (χ3n) is 3.25. The summed E-state index contributed by atoms with van der Waals surface area (Å²) in [6.07, 6.45) is 0. The van der Waals surface area contributed by atoms with Gasteiger partial charge in [0.2, 0.25) is 0 Å². The van der Waals surface area contributed by atoms with Gasteiger partial charge in [0.15, 0.2) is 11.5 Å². The minimum atomic E-state index is -0.126. The Morgan fingerprint density at radius 2 is 2.00 bits per heavy atom. The van der Waals surface area contributed by atoms with Gasteiger partial charge in [-0.25, -0.2) is 0 Å². The van der Waals surface area contributed by atoms with Crippen molar-refractivity contribution in [2.75, 3.05) is 40.9 Å². The molecule has 0 bridgehead atoms. The maximum Gasteiger partial charge on any atom is 0.251 e. The molecule has 5 nitrogen and oxygen atoms in total. The van der Waals surface area contributed by atoms with Crippen LogP contribution in [-0.4, -0.2) is 51.7 Å². The van der Waals surface area contributed by atoms with Crippen LogP contribution in [0.1, 0.15) is 31.1 Å². The van der Waals surface area contributed by atoms with Crippen LogP contribution in [0.2, 0.25) is 0 Å². The van der Waals surface area contributed by atoms with E-state index in [-0.39, 0.29) is 11.3 Å². The van der Waals surface area contributed by atoms with Gasteiger partial charge in [-0.1, -0.05) is 13.8 Å². The summed E-state index contributed by atoms with van der Waals surface area (Å²) in [5.41, 5.74) is 0.531. The zero-order valence-corrected chi connectivity index (χ0v) is 16.4. The van der Waals surface area contributed by atoms with Crippen molar-refractivity contribution in [1.29, 1.82) is 0 Å². The second kappa shape index (κ2) is 8.55. The first-order chi connectivity index (χ1) is 10.7. The second-order valence-corrected chi connectivity index (χ2v) is 7.36. The topological polar surface area (TPSA) is 50.8 Å². The van der Waals surface area contributed by atoms with Gasteiger partial charge in [-0.15, -0.1) is 0 Å².